The molecule has 0 unspecified atom stereocenters. The lowest BCUT2D eigenvalue weighted by molar-refractivity contribution is 0.0690. The third-order valence-electron chi connectivity index (χ3n) is 4.03. The van der Waals surface area contributed by atoms with Crippen molar-refractivity contribution in [2.75, 3.05) is 13.1 Å². The molecular formula is C11H21N. The van der Waals surface area contributed by atoms with Gasteiger partial charge in [0.05, 0.1) is 0 Å². The molecule has 0 radical (unpaired) electrons. The lowest BCUT2D eigenvalue weighted by atomic mass is 9.65. The molecule has 1 spiro atoms. The van der Waals surface area contributed by atoms with Crippen molar-refractivity contribution in [3.8, 4) is 0 Å². The van der Waals surface area contributed by atoms with Gasteiger partial charge in [0.1, 0.15) is 0 Å². The molecule has 0 bridgehead atoms. The third-order valence-corrected chi connectivity index (χ3v) is 4.03. The Hall–Kier alpha value is -0.0400. The monoisotopic (exact) mass is 167 g/mol. The minimum atomic E-state index is 0.755. The van der Waals surface area contributed by atoms with Crippen LogP contribution in [-0.4, -0.2) is 13.1 Å². The van der Waals surface area contributed by atoms with Gasteiger partial charge in [-0.05, 0) is 42.9 Å². The van der Waals surface area contributed by atoms with Crippen LogP contribution in [0.3, 0.4) is 0 Å². The average Bonchev–Trinajstić information content (AvgIpc) is 2.02. The van der Waals surface area contributed by atoms with Crippen LogP contribution in [0.15, 0.2) is 0 Å². The van der Waals surface area contributed by atoms with Gasteiger partial charge in [-0.15, -0.1) is 0 Å². The molecule has 0 aromatic rings. The summed E-state index contributed by atoms with van der Waals surface area (Å²) in [5.41, 5.74) is 0.755. The molecule has 1 nitrogen and oxygen atoms in total. The van der Waals surface area contributed by atoms with E-state index in [9.17, 15) is 0 Å². The molecule has 1 N–H and O–H groups in total. The summed E-state index contributed by atoms with van der Waals surface area (Å²) < 4.78 is 0. The van der Waals surface area contributed by atoms with Gasteiger partial charge >= 0.3 is 0 Å². The van der Waals surface area contributed by atoms with Crippen molar-refractivity contribution in [1.29, 1.82) is 0 Å². The van der Waals surface area contributed by atoms with E-state index in [-0.39, 0.29) is 0 Å². The molecule has 1 saturated heterocycles. The zero-order valence-electron chi connectivity index (χ0n) is 8.40. The first-order valence-corrected chi connectivity index (χ1v) is 5.43. The minimum Gasteiger partial charge on any atom is -0.316 e. The third kappa shape index (κ3) is 1.39. The van der Waals surface area contributed by atoms with E-state index >= 15 is 0 Å². The molecule has 12 heavy (non-hydrogen) atoms. The molecular weight excluding hydrogens is 146 g/mol. The van der Waals surface area contributed by atoms with Gasteiger partial charge in [0.2, 0.25) is 0 Å². The second-order valence-corrected chi connectivity index (χ2v) is 5.19. The molecule has 1 saturated carbocycles. The molecule has 2 fully saturated rings. The van der Waals surface area contributed by atoms with Gasteiger partial charge in [0.15, 0.2) is 0 Å². The van der Waals surface area contributed by atoms with Crippen LogP contribution in [0.25, 0.3) is 0 Å². The highest BCUT2D eigenvalue weighted by Gasteiger charge is 2.40. The maximum Gasteiger partial charge on any atom is 0.00202 e. The predicted molar refractivity (Wildman–Crippen MR) is 52.1 cm³/mol. The summed E-state index contributed by atoms with van der Waals surface area (Å²) in [6.07, 6.45) is 5.95. The Balaban J connectivity index is 1.84. The van der Waals surface area contributed by atoms with Crippen LogP contribution in [-0.2, 0) is 0 Å². The predicted octanol–water partition coefficient (Wildman–Crippen LogP) is 2.42. The summed E-state index contributed by atoms with van der Waals surface area (Å²) in [5.74, 6) is 1.94. The van der Waals surface area contributed by atoms with E-state index in [0.717, 1.165) is 17.3 Å². The van der Waals surface area contributed by atoms with E-state index in [4.69, 9.17) is 0 Å². The van der Waals surface area contributed by atoms with E-state index < -0.39 is 0 Å². The van der Waals surface area contributed by atoms with Crippen molar-refractivity contribution in [3.63, 3.8) is 0 Å². The lowest BCUT2D eigenvalue weighted by Crippen LogP contribution is -2.55. The molecule has 1 heteroatoms. The standard InChI is InChI=1S/C11H21N/c1-9(2)10-3-5-11(6-4-10)7-12-8-11/h9-10,12H,3-8H2,1-2H3. The van der Waals surface area contributed by atoms with Crippen LogP contribution in [0.2, 0.25) is 0 Å². The lowest BCUT2D eigenvalue weighted by Gasteiger charge is -2.48. The minimum absolute atomic E-state index is 0.755. The Kier molecular flexibility index (Phi) is 2.16. The van der Waals surface area contributed by atoms with Gasteiger partial charge in [-0.3, -0.25) is 0 Å². The Morgan fingerprint density at radius 2 is 1.75 bits per heavy atom. The molecule has 1 aliphatic heterocycles. The Labute approximate surface area is 75.9 Å². The van der Waals surface area contributed by atoms with E-state index in [1.54, 1.807) is 0 Å². The first-order valence-electron chi connectivity index (χ1n) is 5.43. The van der Waals surface area contributed by atoms with Gasteiger partial charge in [-0.25, -0.2) is 0 Å². The first kappa shape index (κ1) is 8.55. The molecule has 2 rings (SSSR count). The Bertz CT molecular complexity index is 148. The van der Waals surface area contributed by atoms with Crippen molar-refractivity contribution in [2.24, 2.45) is 17.3 Å². The molecule has 0 amide bonds. The second-order valence-electron chi connectivity index (χ2n) is 5.19. The van der Waals surface area contributed by atoms with Crippen molar-refractivity contribution < 1.29 is 0 Å². The van der Waals surface area contributed by atoms with E-state index in [2.05, 4.69) is 19.2 Å². The van der Waals surface area contributed by atoms with Crippen LogP contribution >= 0.6 is 0 Å². The highest BCUT2D eigenvalue weighted by atomic mass is 15.0. The Morgan fingerprint density at radius 1 is 1.17 bits per heavy atom. The molecule has 1 heterocycles. The fraction of sp³-hybridized carbons (Fsp3) is 1.00. The van der Waals surface area contributed by atoms with Gasteiger partial charge in [0, 0.05) is 13.1 Å². The van der Waals surface area contributed by atoms with Gasteiger partial charge < -0.3 is 5.32 Å². The van der Waals surface area contributed by atoms with Crippen molar-refractivity contribution >= 4 is 0 Å². The molecule has 1 aliphatic carbocycles. The van der Waals surface area contributed by atoms with Crippen LogP contribution in [0.4, 0.5) is 0 Å². The summed E-state index contributed by atoms with van der Waals surface area (Å²) in [6.45, 7) is 7.36. The van der Waals surface area contributed by atoms with Crippen molar-refractivity contribution in [3.05, 3.63) is 0 Å². The average molecular weight is 167 g/mol. The molecule has 70 valence electrons. The van der Waals surface area contributed by atoms with Crippen LogP contribution in [0, 0.1) is 17.3 Å². The first-order chi connectivity index (χ1) is 5.72. The summed E-state index contributed by atoms with van der Waals surface area (Å²) in [6, 6.07) is 0. The van der Waals surface area contributed by atoms with Gasteiger partial charge in [-0.1, -0.05) is 13.8 Å². The van der Waals surface area contributed by atoms with Crippen LogP contribution in [0.1, 0.15) is 39.5 Å². The smallest absolute Gasteiger partial charge is 0.00202 e. The largest absolute Gasteiger partial charge is 0.316 e. The summed E-state index contributed by atoms with van der Waals surface area (Å²) in [5, 5.41) is 3.42. The van der Waals surface area contributed by atoms with Gasteiger partial charge in [-0.2, -0.15) is 0 Å². The zero-order valence-corrected chi connectivity index (χ0v) is 8.40. The number of hydrogen-bond donors (Lipinski definition) is 1. The topological polar surface area (TPSA) is 12.0 Å². The zero-order chi connectivity index (χ0) is 8.60. The highest BCUT2D eigenvalue weighted by Crippen LogP contribution is 2.43. The van der Waals surface area contributed by atoms with E-state index in [0.29, 0.717) is 0 Å². The molecule has 2 aliphatic rings. The van der Waals surface area contributed by atoms with E-state index in [1.807, 2.05) is 0 Å². The van der Waals surface area contributed by atoms with Crippen molar-refractivity contribution in [1.82, 2.24) is 5.32 Å². The number of hydrogen-bond acceptors (Lipinski definition) is 1. The highest BCUT2D eigenvalue weighted by molar-refractivity contribution is 4.95. The van der Waals surface area contributed by atoms with Crippen LogP contribution < -0.4 is 5.32 Å². The molecule has 0 aromatic carbocycles. The SMILES string of the molecule is CC(C)C1CCC2(CC1)CNC2. The molecule has 0 atom stereocenters. The maximum atomic E-state index is 3.42. The second kappa shape index (κ2) is 3.02. The summed E-state index contributed by atoms with van der Waals surface area (Å²) in [4.78, 5) is 0. The van der Waals surface area contributed by atoms with E-state index in [1.165, 1.54) is 38.8 Å². The summed E-state index contributed by atoms with van der Waals surface area (Å²) >= 11 is 0. The van der Waals surface area contributed by atoms with Gasteiger partial charge in [0.25, 0.3) is 0 Å². The maximum absolute atomic E-state index is 3.42. The molecule has 0 aromatic heterocycles. The normalized spacial score (nSPS) is 29.2. The fourth-order valence-corrected chi connectivity index (χ4v) is 2.75. The number of nitrogens with one attached hydrogen (secondary N) is 1. The quantitative estimate of drug-likeness (QED) is 0.632. The Morgan fingerprint density at radius 3 is 2.08 bits per heavy atom. The number of rotatable bonds is 1. The fourth-order valence-electron chi connectivity index (χ4n) is 2.75. The van der Waals surface area contributed by atoms with Crippen LogP contribution in [0.5, 0.6) is 0 Å². The summed E-state index contributed by atoms with van der Waals surface area (Å²) in [7, 11) is 0. The van der Waals surface area contributed by atoms with Crippen molar-refractivity contribution in [2.45, 2.75) is 39.5 Å².